The van der Waals surface area contributed by atoms with Gasteiger partial charge in [-0.2, -0.15) is 0 Å². The summed E-state index contributed by atoms with van der Waals surface area (Å²) in [6, 6.07) is 6.62. The first kappa shape index (κ1) is 12.5. The molecule has 5 heteroatoms. The molecule has 18 heavy (non-hydrogen) atoms. The fourth-order valence-corrected chi connectivity index (χ4v) is 1.87. The Morgan fingerprint density at radius 3 is 2.22 bits per heavy atom. The summed E-state index contributed by atoms with van der Waals surface area (Å²) < 4.78 is 15.3. The average molecular weight is 267 g/mol. The minimum Gasteiger partial charge on any atom is -0.496 e. The van der Waals surface area contributed by atoms with Crippen LogP contribution < -0.4 is 9.47 Å². The molecule has 0 amide bonds. The van der Waals surface area contributed by atoms with Crippen LogP contribution in [0.4, 0.5) is 0 Å². The van der Waals surface area contributed by atoms with Gasteiger partial charge < -0.3 is 13.9 Å². The van der Waals surface area contributed by atoms with Crippen molar-refractivity contribution in [1.82, 2.24) is 0 Å². The number of furan rings is 1. The van der Waals surface area contributed by atoms with E-state index in [1.807, 2.05) is 0 Å². The summed E-state index contributed by atoms with van der Waals surface area (Å²) in [5, 5.41) is 0.0490. The molecule has 0 unspecified atom stereocenters. The van der Waals surface area contributed by atoms with Crippen LogP contribution in [-0.2, 0) is 0 Å². The van der Waals surface area contributed by atoms with Crippen LogP contribution in [0.25, 0.3) is 0 Å². The summed E-state index contributed by atoms with van der Waals surface area (Å²) in [4.78, 5) is 12.4. The normalized spacial score (nSPS) is 10.2. The van der Waals surface area contributed by atoms with Gasteiger partial charge in [-0.15, -0.1) is 0 Å². The lowest BCUT2D eigenvalue weighted by Gasteiger charge is -2.11. The third kappa shape index (κ3) is 2.07. The molecule has 0 saturated carbocycles. The molecule has 0 N–H and O–H groups in total. The Morgan fingerprint density at radius 2 is 1.78 bits per heavy atom. The largest absolute Gasteiger partial charge is 0.496 e. The molecule has 0 saturated heterocycles. The lowest BCUT2D eigenvalue weighted by molar-refractivity contribution is 0.103. The molecular weight excluding hydrogens is 256 g/mol. The van der Waals surface area contributed by atoms with Crippen LogP contribution in [-0.4, -0.2) is 20.0 Å². The molecule has 0 aliphatic carbocycles. The van der Waals surface area contributed by atoms with Crippen LogP contribution in [0.1, 0.15) is 15.9 Å². The highest BCUT2D eigenvalue weighted by Gasteiger charge is 2.23. The minimum absolute atomic E-state index is 0.0490. The van der Waals surface area contributed by atoms with E-state index in [1.165, 1.54) is 26.5 Å². The first-order valence-electron chi connectivity index (χ1n) is 5.17. The molecule has 0 atom stereocenters. The molecule has 0 aliphatic rings. The maximum absolute atomic E-state index is 12.4. The van der Waals surface area contributed by atoms with Gasteiger partial charge in [0.1, 0.15) is 17.1 Å². The fraction of sp³-hybridized carbons (Fsp3) is 0.154. The molecular formula is C13H11ClO4. The van der Waals surface area contributed by atoms with Crippen molar-refractivity contribution in [3.8, 4) is 11.5 Å². The summed E-state index contributed by atoms with van der Waals surface area (Å²) in [6.45, 7) is 0. The van der Waals surface area contributed by atoms with Gasteiger partial charge in [0.2, 0.25) is 11.0 Å². The van der Waals surface area contributed by atoms with E-state index in [-0.39, 0.29) is 16.6 Å². The first-order valence-corrected chi connectivity index (χ1v) is 5.55. The molecule has 2 rings (SSSR count). The molecule has 0 spiro atoms. The summed E-state index contributed by atoms with van der Waals surface area (Å²) in [5.74, 6) is 0.552. The second kappa shape index (κ2) is 5.14. The van der Waals surface area contributed by atoms with Crippen molar-refractivity contribution in [1.29, 1.82) is 0 Å². The zero-order valence-corrected chi connectivity index (χ0v) is 10.7. The molecule has 0 aliphatic heterocycles. The van der Waals surface area contributed by atoms with Crippen LogP contribution >= 0.6 is 11.6 Å². The van der Waals surface area contributed by atoms with Gasteiger partial charge in [-0.25, -0.2) is 0 Å². The predicted octanol–water partition coefficient (Wildman–Crippen LogP) is 3.18. The number of carbonyl (C=O) groups excluding carboxylic acids is 1. The highest BCUT2D eigenvalue weighted by Crippen LogP contribution is 2.32. The number of ether oxygens (including phenoxy) is 2. The Labute approximate surface area is 109 Å². The minimum atomic E-state index is -0.303. The summed E-state index contributed by atoms with van der Waals surface area (Å²) in [6.07, 6.45) is 1.36. The number of benzene rings is 1. The Bertz CT molecular complexity index is 552. The van der Waals surface area contributed by atoms with Crippen molar-refractivity contribution >= 4 is 17.4 Å². The van der Waals surface area contributed by atoms with E-state index in [4.69, 9.17) is 25.5 Å². The number of hydrogen-bond acceptors (Lipinski definition) is 4. The van der Waals surface area contributed by atoms with Crippen molar-refractivity contribution in [2.75, 3.05) is 14.2 Å². The third-order valence-corrected chi connectivity index (χ3v) is 2.81. The van der Waals surface area contributed by atoms with Gasteiger partial charge in [0, 0.05) is 0 Å². The van der Waals surface area contributed by atoms with E-state index >= 15 is 0 Å². The second-order valence-corrected chi connectivity index (χ2v) is 3.82. The fourth-order valence-electron chi connectivity index (χ4n) is 1.67. The molecule has 1 heterocycles. The van der Waals surface area contributed by atoms with Gasteiger partial charge >= 0.3 is 0 Å². The van der Waals surface area contributed by atoms with Gasteiger partial charge in [-0.1, -0.05) is 6.07 Å². The molecule has 94 valence electrons. The maximum Gasteiger partial charge on any atom is 0.205 e. The smallest absolute Gasteiger partial charge is 0.205 e. The van der Waals surface area contributed by atoms with Crippen LogP contribution in [0, 0.1) is 0 Å². The molecule has 0 radical (unpaired) electrons. The number of halogens is 1. The SMILES string of the molecule is COc1cccc(OC)c1C(=O)c1ccoc1Cl. The number of rotatable bonds is 4. The highest BCUT2D eigenvalue weighted by molar-refractivity contribution is 6.33. The topological polar surface area (TPSA) is 48.7 Å². The number of ketones is 1. The molecule has 1 aromatic carbocycles. The van der Waals surface area contributed by atoms with Crippen molar-refractivity contribution in [3.05, 3.63) is 46.9 Å². The lowest BCUT2D eigenvalue weighted by Crippen LogP contribution is -2.06. The number of hydrogen-bond donors (Lipinski definition) is 0. The molecule has 2 aromatic rings. The third-order valence-electron chi connectivity index (χ3n) is 2.52. The predicted molar refractivity (Wildman–Crippen MR) is 66.7 cm³/mol. The maximum atomic E-state index is 12.4. The van der Waals surface area contributed by atoms with Crippen molar-refractivity contribution in [2.24, 2.45) is 0 Å². The van der Waals surface area contributed by atoms with Gasteiger partial charge in [-0.05, 0) is 29.8 Å². The van der Waals surface area contributed by atoms with Crippen LogP contribution in [0.15, 0.2) is 34.9 Å². The zero-order chi connectivity index (χ0) is 13.1. The van der Waals surface area contributed by atoms with Gasteiger partial charge in [-0.3, -0.25) is 4.79 Å². The molecule has 0 fully saturated rings. The van der Waals surface area contributed by atoms with Crippen molar-refractivity contribution in [2.45, 2.75) is 0 Å². The van der Waals surface area contributed by atoms with Gasteiger partial charge in [0.15, 0.2) is 0 Å². The average Bonchev–Trinajstić information content (AvgIpc) is 2.83. The van der Waals surface area contributed by atoms with Crippen LogP contribution in [0.5, 0.6) is 11.5 Å². The van der Waals surface area contributed by atoms with Gasteiger partial charge in [0.05, 0.1) is 26.0 Å². The summed E-state index contributed by atoms with van der Waals surface area (Å²) in [7, 11) is 2.98. The zero-order valence-electron chi connectivity index (χ0n) is 9.90. The van der Waals surface area contributed by atoms with E-state index in [1.54, 1.807) is 18.2 Å². The van der Waals surface area contributed by atoms with E-state index < -0.39 is 0 Å². The Hall–Kier alpha value is -1.94. The Balaban J connectivity index is 2.56. The van der Waals surface area contributed by atoms with Crippen LogP contribution in [0.3, 0.4) is 0 Å². The Morgan fingerprint density at radius 1 is 1.17 bits per heavy atom. The van der Waals surface area contributed by atoms with Gasteiger partial charge in [0.25, 0.3) is 0 Å². The van der Waals surface area contributed by atoms with Crippen LogP contribution in [0.2, 0.25) is 5.22 Å². The number of methoxy groups -OCH3 is 2. The van der Waals surface area contributed by atoms with E-state index in [0.717, 1.165) is 0 Å². The second-order valence-electron chi connectivity index (χ2n) is 3.47. The molecule has 0 bridgehead atoms. The monoisotopic (exact) mass is 266 g/mol. The van der Waals surface area contributed by atoms with Crippen molar-refractivity contribution < 1.29 is 18.7 Å². The van der Waals surface area contributed by atoms with E-state index in [9.17, 15) is 4.79 Å². The molecule has 4 nitrogen and oxygen atoms in total. The standard InChI is InChI=1S/C13H11ClO4/c1-16-9-4-3-5-10(17-2)11(9)12(15)8-6-7-18-13(8)14/h3-7H,1-2H3. The highest BCUT2D eigenvalue weighted by atomic mass is 35.5. The lowest BCUT2D eigenvalue weighted by atomic mass is 10.0. The van der Waals surface area contributed by atoms with E-state index in [2.05, 4.69) is 0 Å². The number of carbonyl (C=O) groups is 1. The van der Waals surface area contributed by atoms with E-state index in [0.29, 0.717) is 17.1 Å². The summed E-state index contributed by atoms with van der Waals surface area (Å²) >= 11 is 5.81. The quantitative estimate of drug-likeness (QED) is 0.798. The first-order chi connectivity index (χ1) is 8.69. The summed E-state index contributed by atoms with van der Waals surface area (Å²) in [5.41, 5.74) is 0.602. The van der Waals surface area contributed by atoms with Crippen molar-refractivity contribution in [3.63, 3.8) is 0 Å². The Kier molecular flexibility index (Phi) is 3.58. The molecule has 1 aromatic heterocycles.